The quantitative estimate of drug-likeness (QED) is 0.168. The van der Waals surface area contributed by atoms with Crippen molar-refractivity contribution < 1.29 is 74.0 Å². The Bertz CT molecular complexity index is 795. The number of rotatable bonds is 12. The van der Waals surface area contributed by atoms with Crippen molar-refractivity contribution in [2.24, 2.45) is 0 Å². The minimum atomic E-state index is -4.42. The maximum atomic E-state index is 13.0. The van der Waals surface area contributed by atoms with Gasteiger partial charge in [-0.2, -0.15) is 0 Å². The van der Waals surface area contributed by atoms with Crippen molar-refractivity contribution in [2.45, 2.75) is 57.0 Å². The summed E-state index contributed by atoms with van der Waals surface area (Å²) in [4.78, 5) is 47.4. The van der Waals surface area contributed by atoms with Crippen LogP contribution < -0.4 is 43.0 Å². The minimum absolute atomic E-state index is 0. The van der Waals surface area contributed by atoms with Crippen molar-refractivity contribution in [3.8, 4) is 0 Å². The molecule has 1 heterocycles. The van der Waals surface area contributed by atoms with Crippen molar-refractivity contribution in [1.82, 2.24) is 10.2 Å². The van der Waals surface area contributed by atoms with Gasteiger partial charge in [0.15, 0.2) is 6.29 Å². The zero-order valence-corrected chi connectivity index (χ0v) is 19.9. The molecule has 0 aliphatic carbocycles. The molecular formula is C20H31Li2N2O7P. The number of carbonyl (C=O) groups excluding carboxylic acids is 2. The normalized spacial score (nSPS) is 19.5. The van der Waals surface area contributed by atoms with Crippen molar-refractivity contribution in [2.75, 3.05) is 13.1 Å². The number of likely N-dealkylation sites (tertiary alicyclic amines) is 1. The monoisotopic (exact) mass is 456 g/mol. The molecule has 0 bridgehead atoms. The molecule has 1 fully saturated rings. The van der Waals surface area contributed by atoms with Crippen LogP contribution in [0.25, 0.3) is 0 Å². The molecule has 1 aliphatic rings. The van der Waals surface area contributed by atoms with E-state index in [0.29, 0.717) is 37.7 Å². The molecular weight excluding hydrogens is 425 g/mol. The Labute approximate surface area is 215 Å². The van der Waals surface area contributed by atoms with Crippen LogP contribution in [0.1, 0.15) is 52.2 Å². The molecule has 2 rings (SSSR count). The average molecular weight is 456 g/mol. The molecule has 3 N–H and O–H groups in total. The number of carboxylic acid groups (broad SMARTS) is 1. The van der Waals surface area contributed by atoms with Gasteiger partial charge < -0.3 is 23.0 Å². The van der Waals surface area contributed by atoms with Crippen LogP contribution in [0.4, 0.5) is 0 Å². The number of aliphatic carboxylic acids is 1. The van der Waals surface area contributed by atoms with Crippen LogP contribution in [0.3, 0.4) is 0 Å². The second kappa shape index (κ2) is 15.1. The van der Waals surface area contributed by atoms with Gasteiger partial charge in [0.05, 0.1) is 0 Å². The van der Waals surface area contributed by atoms with E-state index in [0.717, 1.165) is 6.42 Å². The predicted molar refractivity (Wildman–Crippen MR) is 112 cm³/mol. The molecule has 32 heavy (non-hydrogen) atoms. The molecule has 0 aromatic heterocycles. The maximum absolute atomic E-state index is 13.0. The summed E-state index contributed by atoms with van der Waals surface area (Å²) in [6.45, 7) is 2.27. The Morgan fingerprint density at radius 3 is 2.56 bits per heavy atom. The van der Waals surface area contributed by atoms with E-state index < -0.39 is 37.4 Å². The van der Waals surface area contributed by atoms with Crippen LogP contribution in [-0.2, 0) is 18.7 Å². The second-order valence-corrected chi connectivity index (χ2v) is 9.30. The number of nitrogens with one attached hydrogen (secondary N) is 1. The number of hydrogen-bond donors (Lipinski definition) is 3. The topological polar surface area (TPSA) is 133 Å². The molecule has 1 aromatic rings. The van der Waals surface area contributed by atoms with Gasteiger partial charge in [0, 0.05) is 12.1 Å². The van der Waals surface area contributed by atoms with Crippen LogP contribution in [-0.4, -0.2) is 64.1 Å². The first-order valence-corrected chi connectivity index (χ1v) is 11.7. The third-order valence-electron chi connectivity index (χ3n) is 5.06. The molecule has 1 amide bonds. The summed E-state index contributed by atoms with van der Waals surface area (Å²) in [7, 11) is -4.42. The van der Waals surface area contributed by atoms with E-state index >= 15 is 0 Å². The second-order valence-electron chi connectivity index (χ2n) is 7.33. The first kappa shape index (κ1) is 31.1. The van der Waals surface area contributed by atoms with E-state index in [9.17, 15) is 28.9 Å². The molecule has 4 atom stereocenters. The fraction of sp³-hybridized carbons (Fsp3) is 0.550. The third kappa shape index (κ3) is 9.18. The molecule has 1 aliphatic heterocycles. The predicted octanol–water partition coefficient (Wildman–Crippen LogP) is -3.52. The number of unbranched alkanes of at least 4 members (excludes halogenated alkanes) is 1. The summed E-state index contributed by atoms with van der Waals surface area (Å²) in [6.07, 6.45) is 1.75. The maximum Gasteiger partial charge on any atom is 1.00 e. The third-order valence-corrected chi connectivity index (χ3v) is 6.81. The summed E-state index contributed by atoms with van der Waals surface area (Å²) < 4.78 is 18.2. The summed E-state index contributed by atoms with van der Waals surface area (Å²) in [6, 6.07) is 7.54. The van der Waals surface area contributed by atoms with Crippen LogP contribution in [0.15, 0.2) is 30.3 Å². The van der Waals surface area contributed by atoms with Gasteiger partial charge in [-0.15, -0.1) is 0 Å². The zero-order valence-electron chi connectivity index (χ0n) is 21.0. The first-order chi connectivity index (χ1) is 14.3. The fourth-order valence-electron chi connectivity index (χ4n) is 3.46. The Hall–Kier alpha value is -0.865. The standard InChI is InChI=1S/C20H29N2O7P.2Li.2H/c1-2-3-11-18(21-19(24)15-8-5-4-6-9-15)30(27,28)29-16(14-23)13-22-12-7-10-17(22)20(25)26;;;;/h4-6,8-9,14,16-18H,2-3,7,10-13H2,1H3,(H,21,24)(H,25,26)(H,27,28);;;;/q;2*+1;2*-1/t16?,17-,18?;;;;/m0..../s1. The molecule has 0 spiro atoms. The number of aldehydes is 1. The SMILES string of the molecule is CCCCC(NC(=O)c1ccccc1)P(=O)(O)OC(C=O)CN1CCC[C@H]1C(=O)O.[H-].[H-].[Li+].[Li+]. The Kier molecular flexibility index (Phi) is 14.7. The summed E-state index contributed by atoms with van der Waals surface area (Å²) >= 11 is 0. The van der Waals surface area contributed by atoms with E-state index in [4.69, 9.17) is 4.52 Å². The van der Waals surface area contributed by atoms with E-state index in [1.807, 2.05) is 6.92 Å². The fourth-order valence-corrected chi connectivity index (χ4v) is 4.90. The van der Waals surface area contributed by atoms with Gasteiger partial charge in [-0.3, -0.25) is 23.6 Å². The summed E-state index contributed by atoms with van der Waals surface area (Å²) in [5.74, 6) is -2.69. The van der Waals surface area contributed by atoms with Gasteiger partial charge in [0.1, 0.15) is 17.9 Å². The smallest absolute Gasteiger partial charge is 1.00 e. The molecule has 12 heteroatoms. The number of amides is 1. The number of benzene rings is 1. The van der Waals surface area contributed by atoms with Gasteiger partial charge in [-0.1, -0.05) is 38.0 Å². The largest absolute Gasteiger partial charge is 1.00 e. The Morgan fingerprint density at radius 1 is 1.34 bits per heavy atom. The molecule has 3 unspecified atom stereocenters. The number of hydrogen-bond acceptors (Lipinski definition) is 6. The van der Waals surface area contributed by atoms with Gasteiger partial charge in [0.25, 0.3) is 5.91 Å². The summed E-state index contributed by atoms with van der Waals surface area (Å²) in [5.41, 5.74) is 0.340. The summed E-state index contributed by atoms with van der Waals surface area (Å²) in [5, 5.41) is 11.8. The van der Waals surface area contributed by atoms with Crippen LogP contribution >= 0.6 is 7.60 Å². The van der Waals surface area contributed by atoms with Crippen molar-refractivity contribution in [1.29, 1.82) is 0 Å². The van der Waals surface area contributed by atoms with Gasteiger partial charge >= 0.3 is 51.3 Å². The van der Waals surface area contributed by atoms with Crippen LogP contribution in [0, 0.1) is 0 Å². The molecule has 0 radical (unpaired) electrons. The Morgan fingerprint density at radius 2 is 2.00 bits per heavy atom. The van der Waals surface area contributed by atoms with Crippen molar-refractivity contribution in [3.05, 3.63) is 35.9 Å². The molecule has 170 valence electrons. The molecule has 1 saturated heterocycles. The molecule has 9 nitrogen and oxygen atoms in total. The molecule has 1 aromatic carbocycles. The van der Waals surface area contributed by atoms with Gasteiger partial charge in [-0.05, 0) is 37.9 Å². The van der Waals surface area contributed by atoms with Crippen molar-refractivity contribution >= 4 is 25.8 Å². The first-order valence-electron chi connectivity index (χ1n) is 10.1. The number of carbonyl (C=O) groups is 3. The van der Waals surface area contributed by atoms with E-state index in [2.05, 4.69) is 5.32 Å². The van der Waals surface area contributed by atoms with Crippen LogP contribution in [0.2, 0.25) is 0 Å². The number of nitrogens with zero attached hydrogens (tertiary/aromatic N) is 1. The average Bonchev–Trinajstić information content (AvgIpc) is 3.19. The molecule has 0 saturated carbocycles. The minimum Gasteiger partial charge on any atom is -1.00 e. The zero-order chi connectivity index (χ0) is 22.1. The Balaban J connectivity index is -0.00000240. The van der Waals surface area contributed by atoms with Crippen LogP contribution in [0.5, 0.6) is 0 Å². The van der Waals surface area contributed by atoms with E-state index in [1.54, 1.807) is 35.2 Å². The van der Waals surface area contributed by atoms with Crippen molar-refractivity contribution in [3.63, 3.8) is 0 Å². The number of carboxylic acids is 1. The van der Waals surface area contributed by atoms with E-state index in [1.165, 1.54) is 0 Å². The van der Waals surface area contributed by atoms with Gasteiger partial charge in [-0.25, -0.2) is 0 Å². The van der Waals surface area contributed by atoms with E-state index in [-0.39, 0.29) is 53.5 Å². The van der Waals surface area contributed by atoms with Gasteiger partial charge in [0.2, 0.25) is 0 Å².